The van der Waals surface area contributed by atoms with Crippen molar-refractivity contribution in [3.8, 4) is 5.06 Å². The number of carbonyl (C=O) groups is 1. The van der Waals surface area contributed by atoms with Crippen molar-refractivity contribution >= 4 is 27.3 Å². The minimum Gasteiger partial charge on any atom is -0.487 e. The molecule has 0 saturated heterocycles. The maximum atomic E-state index is 12.0. The second-order valence-corrected chi connectivity index (χ2v) is 7.52. The van der Waals surface area contributed by atoms with Crippen LogP contribution in [0.2, 0.25) is 0 Å². The van der Waals surface area contributed by atoms with Gasteiger partial charge < -0.3 is 9.84 Å². The van der Waals surface area contributed by atoms with Crippen molar-refractivity contribution in [3.63, 3.8) is 0 Å². The zero-order chi connectivity index (χ0) is 14.0. The smallest absolute Gasteiger partial charge is 0.303 e. The van der Waals surface area contributed by atoms with Crippen LogP contribution >= 0.6 is 11.3 Å². The zero-order valence-electron chi connectivity index (χ0n) is 10.3. The predicted octanol–water partition coefficient (Wildman–Crippen LogP) is 1.29. The van der Waals surface area contributed by atoms with E-state index in [1.807, 2.05) is 0 Å². The summed E-state index contributed by atoms with van der Waals surface area (Å²) in [5.74, 6) is -0.766. The average molecular weight is 305 g/mol. The third-order valence-corrected chi connectivity index (χ3v) is 6.10. The van der Waals surface area contributed by atoms with Crippen molar-refractivity contribution in [1.29, 1.82) is 0 Å². The Bertz CT molecular complexity index is 559. The third-order valence-electron chi connectivity index (χ3n) is 3.04. The third kappa shape index (κ3) is 3.46. The molecule has 0 spiro atoms. The van der Waals surface area contributed by atoms with Gasteiger partial charge in [0.1, 0.15) is 4.21 Å². The normalized spacial score (nSPS) is 22.8. The van der Waals surface area contributed by atoms with Gasteiger partial charge in [0, 0.05) is 12.5 Å². The lowest BCUT2D eigenvalue weighted by molar-refractivity contribution is -0.138. The predicted molar refractivity (Wildman–Crippen MR) is 70.0 cm³/mol. The van der Waals surface area contributed by atoms with Gasteiger partial charge in [-0.2, -0.15) is 0 Å². The summed E-state index contributed by atoms with van der Waals surface area (Å²) < 4.78 is 31.8. The molecule has 0 aromatic carbocycles. The molecule has 0 amide bonds. The van der Waals surface area contributed by atoms with Crippen LogP contribution in [-0.4, -0.2) is 32.6 Å². The van der Waals surface area contributed by atoms with Crippen LogP contribution in [0.5, 0.6) is 5.06 Å². The topological polar surface area (TPSA) is 92.7 Å². The van der Waals surface area contributed by atoms with Gasteiger partial charge in [-0.1, -0.05) is 11.3 Å². The largest absolute Gasteiger partial charge is 0.487 e. The van der Waals surface area contributed by atoms with E-state index in [4.69, 9.17) is 9.84 Å². The number of methoxy groups -OCH3 is 1. The molecule has 0 bridgehead atoms. The molecule has 0 radical (unpaired) electrons. The van der Waals surface area contributed by atoms with E-state index in [1.165, 1.54) is 13.2 Å². The number of aliphatic carboxylic acids is 1. The van der Waals surface area contributed by atoms with Gasteiger partial charge in [0.15, 0.2) is 5.06 Å². The van der Waals surface area contributed by atoms with E-state index in [0.717, 1.165) is 11.3 Å². The summed E-state index contributed by atoms with van der Waals surface area (Å²) >= 11 is 1.06. The summed E-state index contributed by atoms with van der Waals surface area (Å²) in [4.78, 5) is 10.5. The molecule has 2 rings (SSSR count). The summed E-state index contributed by atoms with van der Waals surface area (Å²) in [6, 6.07) is 2.94. The molecule has 2 N–H and O–H groups in total. The number of ether oxygens (including phenoxy) is 1. The number of carboxylic acid groups (broad SMARTS) is 1. The van der Waals surface area contributed by atoms with Crippen molar-refractivity contribution in [2.24, 2.45) is 5.92 Å². The van der Waals surface area contributed by atoms with Crippen LogP contribution in [0.25, 0.3) is 0 Å². The number of nitrogens with one attached hydrogen (secondary N) is 1. The van der Waals surface area contributed by atoms with Crippen LogP contribution in [0.4, 0.5) is 0 Å². The Hall–Kier alpha value is -1.12. The molecule has 1 fully saturated rings. The van der Waals surface area contributed by atoms with E-state index >= 15 is 0 Å². The van der Waals surface area contributed by atoms with Gasteiger partial charge in [0.2, 0.25) is 10.0 Å². The molecular weight excluding hydrogens is 290 g/mol. The molecule has 1 aliphatic carbocycles. The van der Waals surface area contributed by atoms with Crippen LogP contribution in [0.3, 0.4) is 0 Å². The average Bonchev–Trinajstić information content (AvgIpc) is 2.74. The van der Waals surface area contributed by atoms with Gasteiger partial charge in [-0.05, 0) is 30.9 Å². The molecule has 1 aromatic heterocycles. The summed E-state index contributed by atoms with van der Waals surface area (Å²) in [7, 11) is -2.04. The second kappa shape index (κ2) is 5.48. The number of thiophene rings is 1. The molecule has 0 aliphatic heterocycles. The van der Waals surface area contributed by atoms with Gasteiger partial charge in [-0.3, -0.25) is 4.79 Å². The van der Waals surface area contributed by atoms with Crippen molar-refractivity contribution in [2.75, 3.05) is 7.11 Å². The quantitative estimate of drug-likeness (QED) is 0.826. The second-order valence-electron chi connectivity index (χ2n) is 4.53. The Labute approximate surface area is 115 Å². The standard InChI is InChI=1S/C11H15NO5S2/c1-17-10-2-3-11(18-10)19(15,16)12-8-4-7(5-8)6-9(13)14/h2-3,7-8,12H,4-6H2,1H3,(H,13,14). The molecule has 0 unspecified atom stereocenters. The van der Waals surface area contributed by atoms with Crippen molar-refractivity contribution in [2.45, 2.75) is 29.5 Å². The van der Waals surface area contributed by atoms with Gasteiger partial charge in [-0.15, -0.1) is 0 Å². The summed E-state index contributed by atoms with van der Waals surface area (Å²) in [6.07, 6.45) is 1.26. The Morgan fingerprint density at radius 1 is 1.53 bits per heavy atom. The van der Waals surface area contributed by atoms with Gasteiger partial charge >= 0.3 is 5.97 Å². The molecular formula is C11H15NO5S2. The molecule has 106 valence electrons. The minimum absolute atomic E-state index is 0.0723. The minimum atomic E-state index is -3.52. The van der Waals surface area contributed by atoms with Crippen LogP contribution in [-0.2, 0) is 14.8 Å². The molecule has 8 heteroatoms. The van der Waals surface area contributed by atoms with Crippen LogP contribution in [0, 0.1) is 5.92 Å². The summed E-state index contributed by atoms with van der Waals surface area (Å²) in [5, 5.41) is 9.16. The van der Waals surface area contributed by atoms with E-state index in [0.29, 0.717) is 17.9 Å². The lowest BCUT2D eigenvalue weighted by Crippen LogP contribution is -2.44. The highest BCUT2D eigenvalue weighted by atomic mass is 32.2. The Kier molecular flexibility index (Phi) is 4.12. The van der Waals surface area contributed by atoms with Crippen molar-refractivity contribution in [3.05, 3.63) is 12.1 Å². The van der Waals surface area contributed by atoms with E-state index in [9.17, 15) is 13.2 Å². The fourth-order valence-electron chi connectivity index (χ4n) is 2.08. The molecule has 0 atom stereocenters. The van der Waals surface area contributed by atoms with Crippen molar-refractivity contribution in [1.82, 2.24) is 4.72 Å². The number of hydrogen-bond donors (Lipinski definition) is 2. The van der Waals surface area contributed by atoms with Crippen LogP contribution in [0.15, 0.2) is 16.3 Å². The van der Waals surface area contributed by atoms with Gasteiger partial charge in [-0.25, -0.2) is 13.1 Å². The lowest BCUT2D eigenvalue weighted by Gasteiger charge is -2.34. The van der Waals surface area contributed by atoms with Gasteiger partial charge in [0.05, 0.1) is 7.11 Å². The Morgan fingerprint density at radius 2 is 2.21 bits per heavy atom. The first-order valence-corrected chi connectivity index (χ1v) is 8.08. The van der Waals surface area contributed by atoms with Gasteiger partial charge in [0.25, 0.3) is 0 Å². The molecule has 1 aromatic rings. The van der Waals surface area contributed by atoms with E-state index < -0.39 is 16.0 Å². The summed E-state index contributed by atoms with van der Waals surface area (Å²) in [6.45, 7) is 0. The summed E-state index contributed by atoms with van der Waals surface area (Å²) in [5.41, 5.74) is 0. The van der Waals surface area contributed by atoms with E-state index in [-0.39, 0.29) is 22.6 Å². The van der Waals surface area contributed by atoms with Crippen molar-refractivity contribution < 1.29 is 23.1 Å². The first-order valence-electron chi connectivity index (χ1n) is 5.78. The molecule has 6 nitrogen and oxygen atoms in total. The molecule has 19 heavy (non-hydrogen) atoms. The lowest BCUT2D eigenvalue weighted by atomic mass is 9.79. The Balaban J connectivity index is 1.91. The zero-order valence-corrected chi connectivity index (χ0v) is 12.0. The molecule has 1 heterocycles. The maximum absolute atomic E-state index is 12.0. The number of rotatable bonds is 6. The first-order chi connectivity index (χ1) is 8.90. The maximum Gasteiger partial charge on any atom is 0.303 e. The highest BCUT2D eigenvalue weighted by Gasteiger charge is 2.34. The fraction of sp³-hybridized carbons (Fsp3) is 0.545. The molecule has 1 saturated carbocycles. The number of sulfonamides is 1. The molecule has 1 aliphatic rings. The van der Waals surface area contributed by atoms with E-state index in [2.05, 4.69) is 4.72 Å². The van der Waals surface area contributed by atoms with Crippen LogP contribution < -0.4 is 9.46 Å². The highest BCUT2D eigenvalue weighted by molar-refractivity contribution is 7.91. The Morgan fingerprint density at radius 3 is 2.74 bits per heavy atom. The fourth-order valence-corrected chi connectivity index (χ4v) is 4.46. The SMILES string of the molecule is COc1ccc(S(=O)(=O)NC2CC(CC(=O)O)C2)s1. The monoisotopic (exact) mass is 305 g/mol. The first kappa shape index (κ1) is 14.3. The van der Waals surface area contributed by atoms with Crippen LogP contribution in [0.1, 0.15) is 19.3 Å². The highest BCUT2D eigenvalue weighted by Crippen LogP contribution is 2.33. The number of carboxylic acids is 1. The number of hydrogen-bond acceptors (Lipinski definition) is 5. The van der Waals surface area contributed by atoms with E-state index in [1.54, 1.807) is 6.07 Å².